The van der Waals surface area contributed by atoms with Crippen molar-refractivity contribution in [2.24, 2.45) is 0 Å². The first-order chi connectivity index (χ1) is 14.2. The van der Waals surface area contributed by atoms with Crippen molar-refractivity contribution in [2.75, 3.05) is 44.8 Å². The average Bonchev–Trinajstić information content (AvgIpc) is 3.35. The van der Waals surface area contributed by atoms with Crippen LogP contribution in [0.3, 0.4) is 0 Å². The molecule has 3 heterocycles. The second kappa shape index (κ2) is 8.30. The zero-order chi connectivity index (χ0) is 19.6. The molecule has 1 aromatic heterocycles. The van der Waals surface area contributed by atoms with E-state index in [2.05, 4.69) is 32.2 Å². The van der Waals surface area contributed by atoms with E-state index in [-0.39, 0.29) is 5.91 Å². The summed E-state index contributed by atoms with van der Waals surface area (Å²) in [5, 5.41) is 3.78. The number of anilines is 1. The van der Waals surface area contributed by atoms with Crippen molar-refractivity contribution in [3.63, 3.8) is 0 Å². The van der Waals surface area contributed by atoms with E-state index in [0.29, 0.717) is 13.3 Å². The van der Waals surface area contributed by atoms with Crippen LogP contribution in [0.15, 0.2) is 18.2 Å². The Morgan fingerprint density at radius 2 is 1.86 bits per heavy atom. The molecule has 0 unspecified atom stereocenters. The summed E-state index contributed by atoms with van der Waals surface area (Å²) in [7, 11) is 0. The van der Waals surface area contributed by atoms with E-state index in [1.165, 1.54) is 29.0 Å². The van der Waals surface area contributed by atoms with Gasteiger partial charge in [-0.3, -0.25) is 14.6 Å². The molecule has 29 heavy (non-hydrogen) atoms. The van der Waals surface area contributed by atoms with Crippen molar-refractivity contribution in [3.05, 3.63) is 34.3 Å². The quantitative estimate of drug-likeness (QED) is 0.811. The maximum Gasteiger partial charge on any atom is 0.240 e. The maximum atomic E-state index is 12.4. The molecular formula is C21H26N4O3S. The van der Waals surface area contributed by atoms with Gasteiger partial charge in [0.1, 0.15) is 0 Å². The summed E-state index contributed by atoms with van der Waals surface area (Å²) in [6.45, 7) is 5.33. The summed E-state index contributed by atoms with van der Waals surface area (Å²) in [5.41, 5.74) is 2.42. The van der Waals surface area contributed by atoms with Gasteiger partial charge in [-0.15, -0.1) is 11.3 Å². The molecule has 1 N–H and O–H groups in total. The second-order valence-corrected chi connectivity index (χ2v) is 8.97. The number of benzene rings is 1. The number of aryl methyl sites for hydroxylation is 2. The molecule has 5 rings (SSSR count). The molecule has 2 aliphatic heterocycles. The van der Waals surface area contributed by atoms with E-state index >= 15 is 0 Å². The van der Waals surface area contributed by atoms with Crippen LogP contribution < -0.4 is 14.8 Å². The summed E-state index contributed by atoms with van der Waals surface area (Å²) in [6, 6.07) is 6.14. The van der Waals surface area contributed by atoms with Crippen LogP contribution in [0.4, 0.5) is 5.13 Å². The van der Waals surface area contributed by atoms with Crippen LogP contribution in [0.2, 0.25) is 0 Å². The molecule has 3 aliphatic rings. The van der Waals surface area contributed by atoms with Crippen LogP contribution in [0.25, 0.3) is 0 Å². The van der Waals surface area contributed by atoms with E-state index in [1.54, 1.807) is 11.3 Å². The molecular weight excluding hydrogens is 388 g/mol. The Hall–Kier alpha value is -2.16. The Morgan fingerprint density at radius 1 is 1.07 bits per heavy atom. The van der Waals surface area contributed by atoms with Gasteiger partial charge >= 0.3 is 0 Å². The molecule has 1 aromatic carbocycles. The fourth-order valence-electron chi connectivity index (χ4n) is 4.17. The Labute approximate surface area is 174 Å². The lowest BCUT2D eigenvalue weighted by Crippen LogP contribution is -2.48. The van der Waals surface area contributed by atoms with Crippen LogP contribution in [-0.4, -0.2) is 60.2 Å². The molecule has 0 saturated carbocycles. The Kier molecular flexibility index (Phi) is 5.39. The lowest BCUT2D eigenvalue weighted by Gasteiger charge is -2.34. The number of hydrogen-bond acceptors (Lipinski definition) is 7. The molecule has 1 saturated heterocycles. The standard InChI is InChI=1S/C21H26N4O3S/c26-20(23-21-22-16-3-1-2-4-19(16)29-21)13-25-9-7-24(8-10-25)12-15-5-6-17-18(11-15)28-14-27-17/h5-6,11H,1-4,7-10,12-14H2,(H,22,23,26). The molecule has 1 amide bonds. The number of rotatable bonds is 5. The smallest absolute Gasteiger partial charge is 0.240 e. The number of fused-ring (bicyclic) bond motifs is 2. The van der Waals surface area contributed by atoms with E-state index < -0.39 is 0 Å². The number of piperazine rings is 1. The van der Waals surface area contributed by atoms with Gasteiger partial charge in [-0.2, -0.15) is 0 Å². The first kappa shape index (κ1) is 18.8. The van der Waals surface area contributed by atoms with Crippen LogP contribution in [0.5, 0.6) is 11.5 Å². The SMILES string of the molecule is O=C(CN1CCN(Cc2ccc3c(c2)OCO3)CC1)Nc1nc2c(s1)CCCC2. The van der Waals surface area contributed by atoms with Crippen molar-refractivity contribution >= 4 is 22.4 Å². The number of carbonyl (C=O) groups is 1. The highest BCUT2D eigenvalue weighted by molar-refractivity contribution is 7.15. The van der Waals surface area contributed by atoms with Crippen molar-refractivity contribution in [2.45, 2.75) is 32.2 Å². The fourth-order valence-corrected chi connectivity index (χ4v) is 5.24. The molecule has 0 bridgehead atoms. The normalized spacial score (nSPS) is 19.2. The van der Waals surface area contributed by atoms with Crippen molar-refractivity contribution in [1.29, 1.82) is 0 Å². The average molecular weight is 415 g/mol. The van der Waals surface area contributed by atoms with Gasteiger partial charge in [0.25, 0.3) is 0 Å². The lowest BCUT2D eigenvalue weighted by atomic mass is 10.0. The van der Waals surface area contributed by atoms with E-state index in [4.69, 9.17) is 9.47 Å². The Balaban J connectivity index is 1.08. The number of ether oxygens (including phenoxy) is 2. The van der Waals surface area contributed by atoms with Crippen molar-refractivity contribution in [3.8, 4) is 11.5 Å². The second-order valence-electron chi connectivity index (χ2n) is 7.88. The molecule has 8 heteroatoms. The minimum atomic E-state index is 0.0420. The molecule has 7 nitrogen and oxygen atoms in total. The first-order valence-electron chi connectivity index (χ1n) is 10.3. The van der Waals surface area contributed by atoms with Gasteiger partial charge in [-0.25, -0.2) is 4.98 Å². The van der Waals surface area contributed by atoms with Gasteiger partial charge in [0.15, 0.2) is 16.6 Å². The number of amides is 1. The van der Waals surface area contributed by atoms with E-state index in [9.17, 15) is 4.79 Å². The van der Waals surface area contributed by atoms with Gasteiger partial charge < -0.3 is 14.8 Å². The highest BCUT2D eigenvalue weighted by atomic mass is 32.1. The van der Waals surface area contributed by atoms with Gasteiger partial charge in [-0.05, 0) is 43.4 Å². The Morgan fingerprint density at radius 3 is 2.72 bits per heavy atom. The number of thiazole rings is 1. The summed E-state index contributed by atoms with van der Waals surface area (Å²) in [6.07, 6.45) is 4.60. The van der Waals surface area contributed by atoms with E-state index in [0.717, 1.165) is 62.2 Å². The van der Waals surface area contributed by atoms with Crippen LogP contribution in [0.1, 0.15) is 29.0 Å². The van der Waals surface area contributed by atoms with Gasteiger partial charge in [0, 0.05) is 37.6 Å². The van der Waals surface area contributed by atoms with Crippen molar-refractivity contribution in [1.82, 2.24) is 14.8 Å². The molecule has 2 aromatic rings. The topological polar surface area (TPSA) is 66.9 Å². The number of nitrogens with zero attached hydrogens (tertiary/aromatic N) is 3. The number of aromatic nitrogens is 1. The van der Waals surface area contributed by atoms with Crippen LogP contribution in [0, 0.1) is 0 Å². The third-order valence-corrected chi connectivity index (χ3v) is 6.84. The molecule has 1 aliphatic carbocycles. The minimum absolute atomic E-state index is 0.0420. The predicted octanol–water partition coefficient (Wildman–Crippen LogP) is 2.51. The number of nitrogens with one attached hydrogen (secondary N) is 1. The third kappa shape index (κ3) is 4.39. The molecule has 0 spiro atoms. The highest BCUT2D eigenvalue weighted by Crippen LogP contribution is 2.33. The molecule has 1 fully saturated rings. The highest BCUT2D eigenvalue weighted by Gasteiger charge is 2.21. The summed E-state index contributed by atoms with van der Waals surface area (Å²) in [4.78, 5) is 23.0. The fraction of sp³-hybridized carbons (Fsp3) is 0.524. The zero-order valence-corrected chi connectivity index (χ0v) is 17.3. The third-order valence-electron chi connectivity index (χ3n) is 5.77. The monoisotopic (exact) mass is 414 g/mol. The molecule has 0 radical (unpaired) electrons. The lowest BCUT2D eigenvalue weighted by molar-refractivity contribution is -0.117. The Bertz CT molecular complexity index is 869. The van der Waals surface area contributed by atoms with Crippen LogP contribution >= 0.6 is 11.3 Å². The largest absolute Gasteiger partial charge is 0.454 e. The first-order valence-corrected chi connectivity index (χ1v) is 11.2. The minimum Gasteiger partial charge on any atom is -0.454 e. The zero-order valence-electron chi connectivity index (χ0n) is 16.5. The van der Waals surface area contributed by atoms with Gasteiger partial charge in [0.2, 0.25) is 12.7 Å². The van der Waals surface area contributed by atoms with Gasteiger partial charge in [-0.1, -0.05) is 6.07 Å². The van der Waals surface area contributed by atoms with Crippen molar-refractivity contribution < 1.29 is 14.3 Å². The summed E-state index contributed by atoms with van der Waals surface area (Å²) >= 11 is 1.65. The van der Waals surface area contributed by atoms with Gasteiger partial charge in [0.05, 0.1) is 12.2 Å². The molecule has 0 atom stereocenters. The summed E-state index contributed by atoms with van der Waals surface area (Å²) < 4.78 is 10.8. The number of carbonyl (C=O) groups excluding carboxylic acids is 1. The van der Waals surface area contributed by atoms with Crippen LogP contribution in [-0.2, 0) is 24.2 Å². The molecule has 154 valence electrons. The predicted molar refractivity (Wildman–Crippen MR) is 112 cm³/mol. The summed E-state index contributed by atoms with van der Waals surface area (Å²) in [5.74, 6) is 1.70. The maximum absolute atomic E-state index is 12.4. The van der Waals surface area contributed by atoms with E-state index in [1.807, 2.05) is 6.07 Å². The number of hydrogen-bond donors (Lipinski definition) is 1.